The van der Waals surface area contributed by atoms with Gasteiger partial charge in [0.15, 0.2) is 0 Å². The van der Waals surface area contributed by atoms with Crippen LogP contribution in [0.3, 0.4) is 0 Å². The van der Waals surface area contributed by atoms with Crippen molar-refractivity contribution in [1.82, 2.24) is 19.9 Å². The Morgan fingerprint density at radius 1 is 1.24 bits per heavy atom. The van der Waals surface area contributed by atoms with Gasteiger partial charge >= 0.3 is 5.97 Å². The Balaban J connectivity index is 1.66. The van der Waals surface area contributed by atoms with Gasteiger partial charge in [-0.25, -0.2) is 4.98 Å². The van der Waals surface area contributed by atoms with Crippen LogP contribution in [-0.4, -0.2) is 57.3 Å². The minimum Gasteiger partial charge on any atom is -0.481 e. The van der Waals surface area contributed by atoms with Crippen molar-refractivity contribution in [2.45, 2.75) is 51.7 Å². The maximum atomic E-state index is 13.6. The maximum absolute atomic E-state index is 13.6. The number of carboxylic acid groups (broad SMARTS) is 1. The fourth-order valence-corrected chi connectivity index (χ4v) is 4.70. The minimum atomic E-state index is -1.06. The van der Waals surface area contributed by atoms with Gasteiger partial charge in [0.1, 0.15) is 6.04 Å². The van der Waals surface area contributed by atoms with Gasteiger partial charge in [0.2, 0.25) is 5.91 Å². The summed E-state index contributed by atoms with van der Waals surface area (Å²) in [7, 11) is 0. The van der Waals surface area contributed by atoms with E-state index < -0.39 is 24.0 Å². The molecule has 10 nitrogen and oxygen atoms in total. The zero-order valence-electron chi connectivity index (χ0n) is 21.3. The van der Waals surface area contributed by atoms with Crippen LogP contribution in [0.5, 0.6) is 0 Å². The topological polar surface area (TPSA) is 127 Å². The molecule has 4 rings (SSSR count). The predicted molar refractivity (Wildman–Crippen MR) is 139 cm³/mol. The molecule has 1 aromatic carbocycles. The smallest absolute Gasteiger partial charge is 0.305 e. The molecule has 2 aromatic heterocycles. The van der Waals surface area contributed by atoms with Gasteiger partial charge in [0.25, 0.3) is 5.56 Å². The van der Waals surface area contributed by atoms with E-state index in [2.05, 4.69) is 20.2 Å². The number of aromatic nitrogens is 3. The van der Waals surface area contributed by atoms with E-state index in [0.717, 1.165) is 5.69 Å². The summed E-state index contributed by atoms with van der Waals surface area (Å²) in [6.07, 6.45) is 4.76. The van der Waals surface area contributed by atoms with Crippen LogP contribution in [-0.2, 0) is 14.3 Å². The molecule has 1 fully saturated rings. The largest absolute Gasteiger partial charge is 0.481 e. The first-order chi connectivity index (χ1) is 17.7. The Kier molecular flexibility index (Phi) is 8.17. The number of anilines is 1. The zero-order valence-corrected chi connectivity index (χ0v) is 21.3. The number of rotatable bonds is 9. The van der Waals surface area contributed by atoms with Crippen LogP contribution < -0.4 is 15.8 Å². The Morgan fingerprint density at radius 3 is 2.76 bits per heavy atom. The summed E-state index contributed by atoms with van der Waals surface area (Å²) in [5, 5.41) is 12.9. The molecule has 10 heteroatoms. The van der Waals surface area contributed by atoms with Crippen molar-refractivity contribution in [2.75, 3.05) is 24.7 Å². The Morgan fingerprint density at radius 2 is 2.03 bits per heavy atom. The number of fused-ring (bicyclic) bond motifs is 1. The SMILES string of the molecule is CC(C)CC(C(=O)NC(CC(=O)O)c1cncc(N2CCOC[C@@H]2C)c1)n1cnc2ccccc2c1=O. The zero-order chi connectivity index (χ0) is 26.5. The second kappa shape index (κ2) is 11.5. The Bertz CT molecular complexity index is 1320. The van der Waals surface area contributed by atoms with Crippen molar-refractivity contribution in [3.8, 4) is 0 Å². The minimum absolute atomic E-state index is 0.0971. The highest BCUT2D eigenvalue weighted by atomic mass is 16.5. The number of carboxylic acids is 1. The van der Waals surface area contributed by atoms with E-state index in [1.165, 1.54) is 10.9 Å². The average Bonchev–Trinajstić information content (AvgIpc) is 2.87. The van der Waals surface area contributed by atoms with Crippen molar-refractivity contribution in [3.63, 3.8) is 0 Å². The van der Waals surface area contributed by atoms with Crippen LogP contribution in [0.1, 0.15) is 51.3 Å². The lowest BCUT2D eigenvalue weighted by atomic mass is 10.00. The van der Waals surface area contributed by atoms with E-state index in [-0.39, 0.29) is 23.9 Å². The fraction of sp³-hybridized carbons (Fsp3) is 0.444. The van der Waals surface area contributed by atoms with Gasteiger partial charge in [-0.2, -0.15) is 0 Å². The summed E-state index contributed by atoms with van der Waals surface area (Å²) in [4.78, 5) is 49.5. The molecule has 3 aromatic rings. The highest BCUT2D eigenvalue weighted by Gasteiger charge is 2.28. The number of hydrogen-bond donors (Lipinski definition) is 2. The first-order valence-electron chi connectivity index (χ1n) is 12.5. The van der Waals surface area contributed by atoms with Crippen molar-refractivity contribution in [3.05, 3.63) is 65.0 Å². The van der Waals surface area contributed by atoms with Crippen molar-refractivity contribution >= 4 is 28.5 Å². The predicted octanol–water partition coefficient (Wildman–Crippen LogP) is 2.94. The van der Waals surface area contributed by atoms with Gasteiger partial charge in [-0.3, -0.25) is 23.9 Å². The van der Waals surface area contributed by atoms with Crippen LogP contribution in [0, 0.1) is 5.92 Å². The van der Waals surface area contributed by atoms with E-state index in [0.29, 0.717) is 42.6 Å². The lowest BCUT2D eigenvalue weighted by Crippen LogP contribution is -2.44. The molecule has 0 aliphatic carbocycles. The summed E-state index contributed by atoms with van der Waals surface area (Å²) in [5.74, 6) is -1.40. The molecule has 2 N–H and O–H groups in total. The van der Waals surface area contributed by atoms with Crippen LogP contribution in [0.15, 0.2) is 53.8 Å². The number of nitrogens with zero attached hydrogens (tertiary/aromatic N) is 4. The van der Waals surface area contributed by atoms with Gasteiger partial charge in [-0.15, -0.1) is 0 Å². The number of hydrogen-bond acceptors (Lipinski definition) is 7. The molecule has 37 heavy (non-hydrogen) atoms. The Hall–Kier alpha value is -3.79. The highest BCUT2D eigenvalue weighted by molar-refractivity contribution is 5.83. The van der Waals surface area contributed by atoms with Gasteiger partial charge in [-0.05, 0) is 43.0 Å². The number of para-hydroxylation sites is 1. The van der Waals surface area contributed by atoms with Crippen molar-refractivity contribution in [1.29, 1.82) is 0 Å². The molecule has 2 unspecified atom stereocenters. The number of morpholine rings is 1. The van der Waals surface area contributed by atoms with E-state index in [9.17, 15) is 19.5 Å². The highest BCUT2D eigenvalue weighted by Crippen LogP contribution is 2.26. The molecule has 196 valence electrons. The van der Waals surface area contributed by atoms with Gasteiger partial charge in [-0.1, -0.05) is 26.0 Å². The van der Waals surface area contributed by atoms with Gasteiger partial charge in [0, 0.05) is 18.8 Å². The summed E-state index contributed by atoms with van der Waals surface area (Å²) >= 11 is 0. The third-order valence-corrected chi connectivity index (χ3v) is 6.57. The Labute approximate surface area is 215 Å². The number of carbonyl (C=O) groups excluding carboxylic acids is 1. The normalized spacial score (nSPS) is 17.5. The van der Waals surface area contributed by atoms with Gasteiger partial charge < -0.3 is 20.1 Å². The molecular weight excluding hydrogens is 474 g/mol. The molecule has 1 aliphatic rings. The van der Waals surface area contributed by atoms with Crippen LogP contribution in [0.25, 0.3) is 10.9 Å². The molecule has 3 heterocycles. The third kappa shape index (κ3) is 6.14. The van der Waals surface area contributed by atoms with Crippen LogP contribution in [0.2, 0.25) is 0 Å². The maximum Gasteiger partial charge on any atom is 0.305 e. The fourth-order valence-electron chi connectivity index (χ4n) is 4.70. The van der Waals surface area contributed by atoms with Crippen LogP contribution >= 0.6 is 0 Å². The third-order valence-electron chi connectivity index (χ3n) is 6.57. The lowest BCUT2D eigenvalue weighted by Gasteiger charge is -2.35. The number of pyridine rings is 1. The van der Waals surface area contributed by atoms with E-state index in [1.54, 1.807) is 36.7 Å². The van der Waals surface area contributed by atoms with Crippen molar-refractivity contribution in [2.24, 2.45) is 5.92 Å². The first-order valence-corrected chi connectivity index (χ1v) is 12.5. The molecule has 0 radical (unpaired) electrons. The van der Waals surface area contributed by atoms with Crippen molar-refractivity contribution < 1.29 is 19.4 Å². The van der Waals surface area contributed by atoms with E-state index in [4.69, 9.17) is 4.74 Å². The molecule has 1 aliphatic heterocycles. The van der Waals surface area contributed by atoms with E-state index in [1.807, 2.05) is 26.8 Å². The molecule has 0 spiro atoms. The standard InChI is InChI=1S/C27H33N5O5/c1-17(2)10-24(32-16-29-22-7-5-4-6-21(22)27(32)36)26(35)30-23(12-25(33)34)19-11-20(14-28-13-19)31-8-9-37-15-18(31)3/h4-7,11,13-14,16-18,23-24H,8-10,12,15H2,1-3H3,(H,30,35)(H,33,34)/t18-,23?,24?/m0/s1. The molecule has 3 atom stereocenters. The monoisotopic (exact) mass is 507 g/mol. The van der Waals surface area contributed by atoms with Gasteiger partial charge in [0.05, 0.1) is 54.8 Å². The molecule has 1 amide bonds. The van der Waals surface area contributed by atoms with Crippen LogP contribution in [0.4, 0.5) is 5.69 Å². The number of amides is 1. The molecular formula is C27H33N5O5. The average molecular weight is 508 g/mol. The number of nitrogens with one attached hydrogen (secondary N) is 1. The number of ether oxygens (including phenoxy) is 1. The summed E-state index contributed by atoms with van der Waals surface area (Å²) in [6, 6.07) is 7.31. The summed E-state index contributed by atoms with van der Waals surface area (Å²) in [6.45, 7) is 7.85. The molecule has 0 bridgehead atoms. The number of benzene rings is 1. The first kappa shape index (κ1) is 26.3. The summed E-state index contributed by atoms with van der Waals surface area (Å²) < 4.78 is 6.87. The number of aliphatic carboxylic acids is 1. The second-order valence-electron chi connectivity index (χ2n) is 9.87. The quantitative estimate of drug-likeness (QED) is 0.453. The number of carbonyl (C=O) groups is 2. The summed E-state index contributed by atoms with van der Waals surface area (Å²) in [5.41, 5.74) is 1.66. The second-order valence-corrected chi connectivity index (χ2v) is 9.87. The molecule has 0 saturated carbocycles. The van der Waals surface area contributed by atoms with E-state index >= 15 is 0 Å². The lowest BCUT2D eigenvalue weighted by molar-refractivity contribution is -0.138. The molecule has 1 saturated heterocycles.